The summed E-state index contributed by atoms with van der Waals surface area (Å²) in [7, 11) is 3.78. The van der Waals surface area contributed by atoms with E-state index in [1.807, 2.05) is 7.05 Å². The lowest BCUT2D eigenvalue weighted by molar-refractivity contribution is 0.407. The van der Waals surface area contributed by atoms with Crippen LogP contribution in [-0.2, 0) is 6.42 Å². The van der Waals surface area contributed by atoms with Crippen LogP contribution in [-0.4, -0.2) is 20.2 Å². The number of ether oxygens (including phenoxy) is 1. The van der Waals surface area contributed by atoms with Crippen LogP contribution in [0, 0.1) is 20.8 Å². The Kier molecular flexibility index (Phi) is 5.01. The molecule has 0 spiro atoms. The highest BCUT2D eigenvalue weighted by atomic mass is 16.5. The van der Waals surface area contributed by atoms with E-state index < -0.39 is 0 Å². The molecule has 17 heavy (non-hydrogen) atoms. The van der Waals surface area contributed by atoms with Gasteiger partial charge in [0, 0.05) is 6.04 Å². The second kappa shape index (κ2) is 6.06. The van der Waals surface area contributed by atoms with Gasteiger partial charge in [-0.3, -0.25) is 0 Å². The van der Waals surface area contributed by atoms with Crippen LogP contribution in [0.25, 0.3) is 0 Å². The van der Waals surface area contributed by atoms with E-state index in [4.69, 9.17) is 4.74 Å². The number of aryl methyl sites for hydroxylation is 1. The second-order valence-electron chi connectivity index (χ2n) is 4.73. The van der Waals surface area contributed by atoms with E-state index in [2.05, 4.69) is 39.1 Å². The molecule has 1 aromatic rings. The van der Waals surface area contributed by atoms with Gasteiger partial charge in [0.15, 0.2) is 0 Å². The van der Waals surface area contributed by atoms with Crippen molar-refractivity contribution in [3.05, 3.63) is 28.3 Å². The van der Waals surface area contributed by atoms with E-state index in [1.165, 1.54) is 22.3 Å². The number of rotatable bonds is 5. The molecule has 0 amide bonds. The van der Waals surface area contributed by atoms with Crippen molar-refractivity contribution in [2.75, 3.05) is 14.2 Å². The molecule has 0 radical (unpaired) electrons. The Morgan fingerprint density at radius 2 is 1.88 bits per heavy atom. The fourth-order valence-corrected chi connectivity index (χ4v) is 2.38. The maximum absolute atomic E-state index is 5.45. The van der Waals surface area contributed by atoms with Crippen molar-refractivity contribution < 1.29 is 4.74 Å². The SMILES string of the molecule is CCC(Cc1cc(C)c(OC)c(C)c1C)NC. The lowest BCUT2D eigenvalue weighted by Gasteiger charge is -2.19. The third-order valence-electron chi connectivity index (χ3n) is 3.71. The molecule has 0 aliphatic heterocycles. The average molecular weight is 235 g/mol. The molecule has 1 atom stereocenters. The first-order chi connectivity index (χ1) is 8.04. The van der Waals surface area contributed by atoms with Gasteiger partial charge >= 0.3 is 0 Å². The summed E-state index contributed by atoms with van der Waals surface area (Å²) in [5.74, 6) is 1.03. The molecule has 0 aliphatic carbocycles. The maximum atomic E-state index is 5.45. The van der Waals surface area contributed by atoms with E-state index >= 15 is 0 Å². The Balaban J connectivity index is 3.10. The van der Waals surface area contributed by atoms with Crippen molar-refractivity contribution in [2.45, 2.75) is 46.6 Å². The minimum absolute atomic E-state index is 0.556. The van der Waals surface area contributed by atoms with Crippen molar-refractivity contribution in [1.82, 2.24) is 5.32 Å². The van der Waals surface area contributed by atoms with Gasteiger partial charge in [0.2, 0.25) is 0 Å². The Morgan fingerprint density at radius 1 is 1.24 bits per heavy atom. The number of hydrogen-bond donors (Lipinski definition) is 1. The van der Waals surface area contributed by atoms with E-state index in [0.717, 1.165) is 18.6 Å². The Hall–Kier alpha value is -1.02. The summed E-state index contributed by atoms with van der Waals surface area (Å²) in [6, 6.07) is 2.82. The molecule has 0 aliphatic rings. The monoisotopic (exact) mass is 235 g/mol. The molecule has 2 heteroatoms. The molecular weight excluding hydrogens is 210 g/mol. The zero-order chi connectivity index (χ0) is 13.0. The van der Waals surface area contributed by atoms with Gasteiger partial charge in [-0.05, 0) is 62.9 Å². The predicted octanol–water partition coefficient (Wildman–Crippen LogP) is 3.16. The van der Waals surface area contributed by atoms with E-state index in [-0.39, 0.29) is 0 Å². The van der Waals surface area contributed by atoms with Crippen LogP contribution >= 0.6 is 0 Å². The molecule has 1 aromatic carbocycles. The van der Waals surface area contributed by atoms with Gasteiger partial charge in [-0.2, -0.15) is 0 Å². The quantitative estimate of drug-likeness (QED) is 0.846. The number of likely N-dealkylation sites (N-methyl/N-ethyl adjacent to an activating group) is 1. The molecule has 0 fully saturated rings. The van der Waals surface area contributed by atoms with Gasteiger partial charge in [0.25, 0.3) is 0 Å². The molecule has 1 rings (SSSR count). The lowest BCUT2D eigenvalue weighted by Crippen LogP contribution is -2.27. The normalized spacial score (nSPS) is 12.6. The highest BCUT2D eigenvalue weighted by molar-refractivity contribution is 5.49. The first-order valence-corrected chi connectivity index (χ1v) is 6.36. The molecule has 0 saturated heterocycles. The molecule has 0 bridgehead atoms. The van der Waals surface area contributed by atoms with Crippen LogP contribution in [0.15, 0.2) is 6.07 Å². The highest BCUT2D eigenvalue weighted by Gasteiger charge is 2.13. The zero-order valence-corrected chi connectivity index (χ0v) is 12.0. The van der Waals surface area contributed by atoms with Gasteiger partial charge in [0.1, 0.15) is 5.75 Å². The Labute approximate surface area is 105 Å². The largest absolute Gasteiger partial charge is 0.496 e. The minimum atomic E-state index is 0.556. The average Bonchev–Trinajstić information content (AvgIpc) is 2.32. The summed E-state index contributed by atoms with van der Waals surface area (Å²) >= 11 is 0. The van der Waals surface area contributed by atoms with Crippen LogP contribution in [0.3, 0.4) is 0 Å². The lowest BCUT2D eigenvalue weighted by atomic mass is 9.93. The van der Waals surface area contributed by atoms with Gasteiger partial charge < -0.3 is 10.1 Å². The van der Waals surface area contributed by atoms with E-state index in [9.17, 15) is 0 Å². The molecule has 1 unspecified atom stereocenters. The number of nitrogens with one attached hydrogen (secondary N) is 1. The molecule has 1 N–H and O–H groups in total. The van der Waals surface area contributed by atoms with Gasteiger partial charge in [-0.1, -0.05) is 13.0 Å². The molecule has 0 saturated carbocycles. The third-order valence-corrected chi connectivity index (χ3v) is 3.71. The number of methoxy groups -OCH3 is 1. The highest BCUT2D eigenvalue weighted by Crippen LogP contribution is 2.29. The second-order valence-corrected chi connectivity index (χ2v) is 4.73. The third kappa shape index (κ3) is 3.01. The van der Waals surface area contributed by atoms with Crippen LogP contribution in [0.4, 0.5) is 0 Å². The van der Waals surface area contributed by atoms with Crippen molar-refractivity contribution in [3.8, 4) is 5.75 Å². The van der Waals surface area contributed by atoms with Crippen LogP contribution < -0.4 is 10.1 Å². The maximum Gasteiger partial charge on any atom is 0.124 e. The topological polar surface area (TPSA) is 21.3 Å². The van der Waals surface area contributed by atoms with Crippen molar-refractivity contribution in [1.29, 1.82) is 0 Å². The molecule has 0 heterocycles. The summed E-state index contributed by atoms with van der Waals surface area (Å²) < 4.78 is 5.45. The smallest absolute Gasteiger partial charge is 0.124 e. The summed E-state index contributed by atoms with van der Waals surface area (Å²) in [5, 5.41) is 3.36. The van der Waals surface area contributed by atoms with Crippen LogP contribution in [0.2, 0.25) is 0 Å². The summed E-state index contributed by atoms with van der Waals surface area (Å²) in [6.07, 6.45) is 2.24. The number of hydrogen-bond acceptors (Lipinski definition) is 2. The summed E-state index contributed by atoms with van der Waals surface area (Å²) in [5.41, 5.74) is 5.30. The van der Waals surface area contributed by atoms with E-state index in [0.29, 0.717) is 6.04 Å². The molecule has 0 aromatic heterocycles. The van der Waals surface area contributed by atoms with Gasteiger partial charge in [-0.15, -0.1) is 0 Å². The molecule has 2 nitrogen and oxygen atoms in total. The molecule has 96 valence electrons. The van der Waals surface area contributed by atoms with Crippen LogP contribution in [0.1, 0.15) is 35.6 Å². The number of benzene rings is 1. The van der Waals surface area contributed by atoms with Crippen molar-refractivity contribution in [2.24, 2.45) is 0 Å². The Bertz CT molecular complexity index is 381. The van der Waals surface area contributed by atoms with Gasteiger partial charge in [0.05, 0.1) is 7.11 Å². The van der Waals surface area contributed by atoms with Crippen LogP contribution in [0.5, 0.6) is 5.75 Å². The summed E-state index contributed by atoms with van der Waals surface area (Å²) in [4.78, 5) is 0. The first kappa shape index (κ1) is 14.0. The fourth-order valence-electron chi connectivity index (χ4n) is 2.38. The first-order valence-electron chi connectivity index (χ1n) is 6.36. The van der Waals surface area contributed by atoms with Crippen molar-refractivity contribution >= 4 is 0 Å². The minimum Gasteiger partial charge on any atom is -0.496 e. The van der Waals surface area contributed by atoms with Crippen molar-refractivity contribution in [3.63, 3.8) is 0 Å². The molecular formula is C15H25NO. The van der Waals surface area contributed by atoms with Gasteiger partial charge in [-0.25, -0.2) is 0 Å². The zero-order valence-electron chi connectivity index (χ0n) is 12.0. The standard InChI is InChI=1S/C15H25NO/c1-7-14(16-5)9-13-8-10(2)15(17-6)12(4)11(13)3/h8,14,16H,7,9H2,1-6H3. The summed E-state index contributed by atoms with van der Waals surface area (Å²) in [6.45, 7) is 8.68. The van der Waals surface area contributed by atoms with E-state index in [1.54, 1.807) is 7.11 Å². The fraction of sp³-hybridized carbons (Fsp3) is 0.600. The predicted molar refractivity (Wildman–Crippen MR) is 74.0 cm³/mol. The Morgan fingerprint density at radius 3 is 2.35 bits per heavy atom.